The van der Waals surface area contributed by atoms with Crippen molar-refractivity contribution in [3.63, 3.8) is 0 Å². The maximum absolute atomic E-state index is 5.66. The van der Waals surface area contributed by atoms with Gasteiger partial charge in [-0.1, -0.05) is 11.6 Å². The Morgan fingerprint density at radius 2 is 2.27 bits per heavy atom. The second kappa shape index (κ2) is 2.49. The molecule has 1 nitrogen and oxygen atoms in total. The first-order valence-electron chi connectivity index (χ1n) is 4.26. The molecule has 1 aliphatic carbocycles. The Morgan fingerprint density at radius 1 is 1.45 bits per heavy atom. The lowest BCUT2D eigenvalue weighted by Crippen LogP contribution is -2.17. The van der Waals surface area contributed by atoms with Crippen molar-refractivity contribution < 1.29 is 4.74 Å². The van der Waals surface area contributed by atoms with Crippen molar-refractivity contribution in [1.29, 1.82) is 0 Å². The normalized spacial score (nSPS) is 30.4. The first-order valence-corrected chi connectivity index (χ1v) is 4.26. The number of rotatable bonds is 0. The van der Waals surface area contributed by atoms with E-state index in [1.807, 2.05) is 0 Å². The fourth-order valence-corrected chi connectivity index (χ4v) is 1.85. The van der Waals surface area contributed by atoms with Gasteiger partial charge in [-0.05, 0) is 37.8 Å². The third-order valence-corrected chi connectivity index (χ3v) is 2.54. The molecule has 0 bridgehead atoms. The minimum absolute atomic E-state index is 0.429. The molecular formula is C10H14O. The fourth-order valence-electron chi connectivity index (χ4n) is 1.85. The maximum atomic E-state index is 5.66. The highest BCUT2D eigenvalue weighted by atomic mass is 16.5. The molecule has 1 heteroatoms. The van der Waals surface area contributed by atoms with E-state index in [4.69, 9.17) is 4.74 Å². The van der Waals surface area contributed by atoms with E-state index in [1.165, 1.54) is 29.6 Å². The quantitative estimate of drug-likeness (QED) is 0.515. The zero-order valence-electron chi connectivity index (χ0n) is 7.18. The molecule has 2 aliphatic rings. The van der Waals surface area contributed by atoms with Crippen LogP contribution < -0.4 is 0 Å². The fraction of sp³-hybridized carbons (Fsp3) is 0.600. The van der Waals surface area contributed by atoms with Crippen molar-refractivity contribution in [3.05, 3.63) is 22.8 Å². The molecule has 0 aromatic heterocycles. The lowest BCUT2D eigenvalue weighted by Gasteiger charge is -2.20. The summed E-state index contributed by atoms with van der Waals surface area (Å²) in [5, 5.41) is 0. The van der Waals surface area contributed by atoms with Crippen LogP contribution in [0.2, 0.25) is 0 Å². The number of ether oxygens (including phenoxy) is 1. The van der Waals surface area contributed by atoms with E-state index in [-0.39, 0.29) is 0 Å². The van der Waals surface area contributed by atoms with Gasteiger partial charge < -0.3 is 4.74 Å². The van der Waals surface area contributed by atoms with E-state index in [0.717, 1.165) is 6.61 Å². The van der Waals surface area contributed by atoms with Gasteiger partial charge in [0.25, 0.3) is 0 Å². The van der Waals surface area contributed by atoms with E-state index in [0.29, 0.717) is 6.10 Å². The Labute approximate surface area is 67.7 Å². The zero-order valence-corrected chi connectivity index (χ0v) is 7.18. The van der Waals surface area contributed by atoms with Gasteiger partial charge in [0.1, 0.15) is 0 Å². The highest BCUT2D eigenvalue weighted by Crippen LogP contribution is 2.32. The summed E-state index contributed by atoms with van der Waals surface area (Å²) < 4.78 is 5.66. The second-order valence-corrected chi connectivity index (χ2v) is 3.56. The monoisotopic (exact) mass is 150 g/mol. The van der Waals surface area contributed by atoms with E-state index < -0.39 is 0 Å². The summed E-state index contributed by atoms with van der Waals surface area (Å²) in [4.78, 5) is 0. The highest BCUT2D eigenvalue weighted by molar-refractivity contribution is 5.36. The Hall–Kier alpha value is -0.560. The minimum Gasteiger partial charge on any atom is -0.369 e. The Morgan fingerprint density at radius 3 is 3.09 bits per heavy atom. The van der Waals surface area contributed by atoms with Crippen LogP contribution in [0.15, 0.2) is 22.8 Å². The van der Waals surface area contributed by atoms with Crippen molar-refractivity contribution in [3.8, 4) is 0 Å². The Balaban J connectivity index is 2.34. The summed E-state index contributed by atoms with van der Waals surface area (Å²) in [6.07, 6.45) is 5.16. The summed E-state index contributed by atoms with van der Waals surface area (Å²) in [6.45, 7) is 5.18. The third-order valence-electron chi connectivity index (χ3n) is 2.54. The van der Waals surface area contributed by atoms with Crippen LogP contribution in [0.4, 0.5) is 0 Å². The molecule has 2 rings (SSSR count). The number of hydrogen-bond donors (Lipinski definition) is 0. The van der Waals surface area contributed by atoms with Crippen LogP contribution in [-0.4, -0.2) is 12.7 Å². The van der Waals surface area contributed by atoms with Crippen LogP contribution in [0.1, 0.15) is 26.7 Å². The SMILES string of the molecule is CC1=CC2=C(C)CC[C@@H]2OC1. The van der Waals surface area contributed by atoms with Gasteiger partial charge in [0.2, 0.25) is 0 Å². The summed E-state index contributed by atoms with van der Waals surface area (Å²) in [5.74, 6) is 0. The molecule has 1 heterocycles. The maximum Gasteiger partial charge on any atom is 0.0831 e. The molecule has 0 N–H and O–H groups in total. The molecule has 11 heavy (non-hydrogen) atoms. The predicted octanol–water partition coefficient (Wildman–Crippen LogP) is 2.44. The summed E-state index contributed by atoms with van der Waals surface area (Å²) in [7, 11) is 0. The molecule has 0 spiro atoms. The average molecular weight is 150 g/mol. The Bertz CT molecular complexity index is 235. The van der Waals surface area contributed by atoms with Gasteiger partial charge in [-0.25, -0.2) is 0 Å². The van der Waals surface area contributed by atoms with Crippen LogP contribution in [0.5, 0.6) is 0 Å². The van der Waals surface area contributed by atoms with Gasteiger partial charge in [-0.15, -0.1) is 0 Å². The molecule has 1 atom stereocenters. The van der Waals surface area contributed by atoms with Crippen molar-refractivity contribution in [2.45, 2.75) is 32.8 Å². The first kappa shape index (κ1) is 7.11. The molecule has 0 saturated heterocycles. The predicted molar refractivity (Wildman–Crippen MR) is 45.4 cm³/mol. The number of hydrogen-bond acceptors (Lipinski definition) is 1. The van der Waals surface area contributed by atoms with Crippen molar-refractivity contribution in [1.82, 2.24) is 0 Å². The minimum atomic E-state index is 0.429. The van der Waals surface area contributed by atoms with Gasteiger partial charge in [-0.2, -0.15) is 0 Å². The van der Waals surface area contributed by atoms with Crippen molar-refractivity contribution in [2.24, 2.45) is 0 Å². The van der Waals surface area contributed by atoms with Crippen molar-refractivity contribution in [2.75, 3.05) is 6.61 Å². The molecule has 0 aromatic carbocycles. The van der Waals surface area contributed by atoms with E-state index in [2.05, 4.69) is 19.9 Å². The van der Waals surface area contributed by atoms with Gasteiger partial charge in [-0.3, -0.25) is 0 Å². The van der Waals surface area contributed by atoms with Crippen LogP contribution in [0.25, 0.3) is 0 Å². The molecule has 0 radical (unpaired) electrons. The molecular weight excluding hydrogens is 136 g/mol. The lowest BCUT2D eigenvalue weighted by molar-refractivity contribution is 0.0918. The topological polar surface area (TPSA) is 9.23 Å². The lowest BCUT2D eigenvalue weighted by atomic mass is 10.1. The van der Waals surface area contributed by atoms with Crippen LogP contribution in [0.3, 0.4) is 0 Å². The molecule has 0 amide bonds. The summed E-state index contributed by atoms with van der Waals surface area (Å²) >= 11 is 0. The van der Waals surface area contributed by atoms with Crippen LogP contribution >= 0.6 is 0 Å². The average Bonchev–Trinajstić information content (AvgIpc) is 2.33. The summed E-state index contributed by atoms with van der Waals surface area (Å²) in [5.41, 5.74) is 4.33. The smallest absolute Gasteiger partial charge is 0.0831 e. The molecule has 0 fully saturated rings. The van der Waals surface area contributed by atoms with E-state index in [1.54, 1.807) is 0 Å². The van der Waals surface area contributed by atoms with E-state index >= 15 is 0 Å². The zero-order chi connectivity index (χ0) is 7.84. The largest absolute Gasteiger partial charge is 0.369 e. The van der Waals surface area contributed by atoms with Gasteiger partial charge in [0.15, 0.2) is 0 Å². The van der Waals surface area contributed by atoms with Crippen LogP contribution in [0, 0.1) is 0 Å². The first-order chi connectivity index (χ1) is 5.27. The molecule has 60 valence electrons. The van der Waals surface area contributed by atoms with Gasteiger partial charge in [0.05, 0.1) is 12.7 Å². The Kier molecular flexibility index (Phi) is 1.61. The molecule has 1 aliphatic heterocycles. The summed E-state index contributed by atoms with van der Waals surface area (Å²) in [6, 6.07) is 0. The molecule has 0 aromatic rings. The standard InChI is InChI=1S/C10H14O/c1-7-5-9-8(2)3-4-10(9)11-6-7/h5,10H,3-4,6H2,1-2H3/t10-/m0/s1. The number of allylic oxidation sites excluding steroid dienone is 1. The number of fused-ring (bicyclic) bond motifs is 1. The van der Waals surface area contributed by atoms with Crippen molar-refractivity contribution >= 4 is 0 Å². The van der Waals surface area contributed by atoms with Gasteiger partial charge >= 0.3 is 0 Å². The van der Waals surface area contributed by atoms with Crippen LogP contribution in [-0.2, 0) is 4.74 Å². The van der Waals surface area contributed by atoms with E-state index in [9.17, 15) is 0 Å². The van der Waals surface area contributed by atoms with Gasteiger partial charge in [0, 0.05) is 0 Å². The highest BCUT2D eigenvalue weighted by Gasteiger charge is 2.24. The molecule has 0 unspecified atom stereocenters. The third kappa shape index (κ3) is 1.14. The molecule has 0 saturated carbocycles. The second-order valence-electron chi connectivity index (χ2n) is 3.56.